The molecular weight excluding hydrogens is 164 g/mol. The molecule has 70 valence electrons. The molecule has 0 saturated heterocycles. The Labute approximate surface area is 77.2 Å². The SMILES string of the molecule is CCC[C@H](O)C#CC[Si](C)(C)C. The molecule has 1 nitrogen and oxygen atoms in total. The van der Waals surface area contributed by atoms with Crippen molar-refractivity contribution >= 4 is 8.07 Å². The van der Waals surface area contributed by atoms with Gasteiger partial charge in [0.15, 0.2) is 0 Å². The molecule has 0 aromatic heterocycles. The second-order valence-corrected chi connectivity index (χ2v) is 9.84. The molecular formula is C10H20OSi. The van der Waals surface area contributed by atoms with Crippen molar-refractivity contribution in [2.75, 3.05) is 0 Å². The minimum Gasteiger partial charge on any atom is -0.380 e. The van der Waals surface area contributed by atoms with Crippen LogP contribution in [0.2, 0.25) is 25.7 Å². The lowest BCUT2D eigenvalue weighted by Gasteiger charge is -2.09. The van der Waals surface area contributed by atoms with Gasteiger partial charge in [0.25, 0.3) is 0 Å². The molecule has 0 spiro atoms. The van der Waals surface area contributed by atoms with Crippen LogP contribution in [0.25, 0.3) is 0 Å². The molecule has 1 N–H and O–H groups in total. The Morgan fingerprint density at radius 3 is 2.33 bits per heavy atom. The first-order valence-corrected chi connectivity index (χ1v) is 8.33. The number of hydrogen-bond donors (Lipinski definition) is 1. The van der Waals surface area contributed by atoms with Crippen molar-refractivity contribution in [3.8, 4) is 11.8 Å². The van der Waals surface area contributed by atoms with E-state index >= 15 is 0 Å². The van der Waals surface area contributed by atoms with Gasteiger partial charge in [0.1, 0.15) is 6.10 Å². The average molecular weight is 184 g/mol. The van der Waals surface area contributed by atoms with Crippen LogP contribution >= 0.6 is 0 Å². The van der Waals surface area contributed by atoms with Gasteiger partial charge in [-0.25, -0.2) is 0 Å². The minimum atomic E-state index is -1.03. The predicted molar refractivity (Wildman–Crippen MR) is 56.8 cm³/mol. The molecule has 0 aliphatic heterocycles. The first-order valence-electron chi connectivity index (χ1n) is 4.62. The lowest BCUT2D eigenvalue weighted by Crippen LogP contribution is -2.17. The van der Waals surface area contributed by atoms with E-state index in [9.17, 15) is 5.11 Å². The van der Waals surface area contributed by atoms with Gasteiger partial charge in [-0.15, -0.1) is 5.92 Å². The van der Waals surface area contributed by atoms with E-state index in [0.29, 0.717) is 0 Å². The predicted octanol–water partition coefficient (Wildman–Crippen LogP) is 2.49. The van der Waals surface area contributed by atoms with Gasteiger partial charge in [0.2, 0.25) is 0 Å². The fourth-order valence-electron chi connectivity index (χ4n) is 0.780. The molecule has 0 rings (SSSR count). The van der Waals surface area contributed by atoms with Gasteiger partial charge in [-0.1, -0.05) is 38.9 Å². The fourth-order valence-corrected chi connectivity index (χ4v) is 1.41. The topological polar surface area (TPSA) is 20.2 Å². The molecule has 1 atom stereocenters. The van der Waals surface area contributed by atoms with Crippen LogP contribution in [0.3, 0.4) is 0 Å². The quantitative estimate of drug-likeness (QED) is 0.528. The molecule has 0 aromatic rings. The zero-order valence-corrected chi connectivity index (χ0v) is 9.65. The normalized spacial score (nSPS) is 13.4. The molecule has 2 heteroatoms. The van der Waals surface area contributed by atoms with E-state index in [-0.39, 0.29) is 0 Å². The van der Waals surface area contributed by atoms with E-state index in [2.05, 4.69) is 38.4 Å². The summed E-state index contributed by atoms with van der Waals surface area (Å²) in [5, 5.41) is 9.29. The van der Waals surface area contributed by atoms with Crippen LogP contribution in [0, 0.1) is 11.8 Å². The van der Waals surface area contributed by atoms with Gasteiger partial charge < -0.3 is 5.11 Å². The van der Waals surface area contributed by atoms with Crippen molar-refractivity contribution in [2.24, 2.45) is 0 Å². The van der Waals surface area contributed by atoms with Crippen molar-refractivity contribution in [1.82, 2.24) is 0 Å². The highest BCUT2D eigenvalue weighted by molar-refractivity contribution is 6.76. The Kier molecular flexibility index (Phi) is 5.28. The first kappa shape index (κ1) is 11.7. The zero-order valence-electron chi connectivity index (χ0n) is 8.65. The van der Waals surface area contributed by atoms with Gasteiger partial charge in [-0.05, 0) is 6.42 Å². The molecule has 0 fully saturated rings. The highest BCUT2D eigenvalue weighted by Gasteiger charge is 2.09. The average Bonchev–Trinajstić information content (AvgIpc) is 1.84. The highest BCUT2D eigenvalue weighted by atomic mass is 28.3. The molecule has 12 heavy (non-hydrogen) atoms. The lowest BCUT2D eigenvalue weighted by molar-refractivity contribution is 0.221. The van der Waals surface area contributed by atoms with Gasteiger partial charge in [-0.2, -0.15) is 0 Å². The van der Waals surface area contributed by atoms with Crippen LogP contribution in [-0.4, -0.2) is 19.3 Å². The summed E-state index contributed by atoms with van der Waals surface area (Å²) < 4.78 is 0. The van der Waals surface area contributed by atoms with E-state index in [4.69, 9.17) is 0 Å². The summed E-state index contributed by atoms with van der Waals surface area (Å²) in [6.45, 7) is 8.92. The number of aliphatic hydroxyl groups excluding tert-OH is 1. The van der Waals surface area contributed by atoms with E-state index in [1.54, 1.807) is 0 Å². The Morgan fingerprint density at radius 1 is 1.33 bits per heavy atom. The number of aliphatic hydroxyl groups is 1. The van der Waals surface area contributed by atoms with Gasteiger partial charge in [-0.3, -0.25) is 0 Å². The summed E-state index contributed by atoms with van der Waals surface area (Å²) in [4.78, 5) is 0. The maximum Gasteiger partial charge on any atom is 0.114 e. The summed E-state index contributed by atoms with van der Waals surface area (Å²) in [6.07, 6.45) is 1.41. The van der Waals surface area contributed by atoms with Gasteiger partial charge in [0.05, 0.1) is 8.07 Å². The standard InChI is InChI=1S/C10H20OSi/c1-5-7-10(11)8-6-9-12(2,3)4/h10-11H,5,7,9H2,1-4H3/t10-/m0/s1. The van der Waals surface area contributed by atoms with Crippen LogP contribution in [0.4, 0.5) is 0 Å². The second-order valence-electron chi connectivity index (χ2n) is 4.36. The lowest BCUT2D eigenvalue weighted by atomic mass is 10.2. The molecule has 0 unspecified atom stereocenters. The van der Waals surface area contributed by atoms with E-state index in [1.165, 1.54) is 0 Å². The minimum absolute atomic E-state index is 0.397. The monoisotopic (exact) mass is 184 g/mol. The number of rotatable bonds is 3. The fraction of sp³-hybridized carbons (Fsp3) is 0.800. The van der Waals surface area contributed by atoms with Crippen molar-refractivity contribution in [1.29, 1.82) is 0 Å². The van der Waals surface area contributed by atoms with Crippen molar-refractivity contribution in [2.45, 2.75) is 51.6 Å². The third kappa shape index (κ3) is 7.84. The van der Waals surface area contributed by atoms with Crippen LogP contribution < -0.4 is 0 Å². The summed E-state index contributed by atoms with van der Waals surface area (Å²) in [5.41, 5.74) is 0. The first-order chi connectivity index (χ1) is 5.45. The van der Waals surface area contributed by atoms with Crippen LogP contribution in [-0.2, 0) is 0 Å². The summed E-state index contributed by atoms with van der Waals surface area (Å²) >= 11 is 0. The zero-order chi connectivity index (χ0) is 9.61. The van der Waals surface area contributed by atoms with Crippen molar-refractivity contribution in [3.05, 3.63) is 0 Å². The van der Waals surface area contributed by atoms with E-state index < -0.39 is 14.2 Å². The smallest absolute Gasteiger partial charge is 0.114 e. The Balaban J connectivity index is 3.73. The van der Waals surface area contributed by atoms with Crippen molar-refractivity contribution < 1.29 is 5.11 Å². The Morgan fingerprint density at radius 2 is 1.92 bits per heavy atom. The maximum absolute atomic E-state index is 9.29. The molecule has 0 radical (unpaired) electrons. The third-order valence-corrected chi connectivity index (χ3v) is 2.69. The van der Waals surface area contributed by atoms with Crippen LogP contribution in [0.1, 0.15) is 19.8 Å². The van der Waals surface area contributed by atoms with Gasteiger partial charge in [0, 0.05) is 6.04 Å². The molecule has 0 aromatic carbocycles. The van der Waals surface area contributed by atoms with E-state index in [1.807, 2.05) is 0 Å². The van der Waals surface area contributed by atoms with Crippen LogP contribution in [0.15, 0.2) is 0 Å². The Bertz CT molecular complexity index is 171. The summed E-state index contributed by atoms with van der Waals surface area (Å²) in [6, 6.07) is 0.994. The Hall–Kier alpha value is -0.263. The molecule has 0 aliphatic carbocycles. The molecule has 0 heterocycles. The molecule has 0 aliphatic rings. The molecule has 0 bridgehead atoms. The molecule has 0 amide bonds. The summed E-state index contributed by atoms with van der Waals surface area (Å²) in [7, 11) is -1.03. The van der Waals surface area contributed by atoms with Crippen LogP contribution in [0.5, 0.6) is 0 Å². The highest BCUT2D eigenvalue weighted by Crippen LogP contribution is 2.06. The van der Waals surface area contributed by atoms with E-state index in [0.717, 1.165) is 18.9 Å². The van der Waals surface area contributed by atoms with Crippen molar-refractivity contribution in [3.63, 3.8) is 0 Å². The maximum atomic E-state index is 9.29. The molecule has 0 saturated carbocycles. The van der Waals surface area contributed by atoms with Gasteiger partial charge >= 0.3 is 0 Å². The third-order valence-electron chi connectivity index (χ3n) is 1.45. The summed E-state index contributed by atoms with van der Waals surface area (Å²) in [5.74, 6) is 5.95. The second kappa shape index (κ2) is 5.39. The number of hydrogen-bond acceptors (Lipinski definition) is 1. The largest absolute Gasteiger partial charge is 0.380 e.